The van der Waals surface area contributed by atoms with Crippen LogP contribution in [-0.2, 0) is 16.1 Å². The van der Waals surface area contributed by atoms with E-state index >= 15 is 0 Å². The Balaban J connectivity index is 1.92. The Morgan fingerprint density at radius 3 is 2.89 bits per heavy atom. The molecule has 0 saturated heterocycles. The molecule has 0 spiro atoms. The number of para-hydroxylation sites is 1. The van der Waals surface area contributed by atoms with E-state index < -0.39 is 22.1 Å². The summed E-state index contributed by atoms with van der Waals surface area (Å²) in [4.78, 5) is 16.3. The van der Waals surface area contributed by atoms with Crippen molar-refractivity contribution in [3.8, 4) is 5.75 Å². The van der Waals surface area contributed by atoms with Crippen LogP contribution in [0.4, 0.5) is 0 Å². The quantitative estimate of drug-likeness (QED) is 0.564. The summed E-state index contributed by atoms with van der Waals surface area (Å²) in [6, 6.07) is 7.55. The first kappa shape index (κ1) is 19.9. The SMILES string of the molecule is CCOC(=O)c1csc([C@H]2CC(=N[S@+]([O-])C(C)(C)C)c3ccccc3O2)n1. The highest BCUT2D eigenvalue weighted by atomic mass is 32.2. The van der Waals surface area contributed by atoms with E-state index in [-0.39, 0.29) is 11.8 Å². The summed E-state index contributed by atoms with van der Waals surface area (Å²) in [7, 11) is 0. The van der Waals surface area contributed by atoms with Crippen molar-refractivity contribution in [3.63, 3.8) is 0 Å². The molecule has 0 N–H and O–H groups in total. The third-order valence-corrected chi connectivity index (χ3v) is 6.22. The van der Waals surface area contributed by atoms with Gasteiger partial charge in [0.2, 0.25) is 0 Å². The van der Waals surface area contributed by atoms with Crippen molar-refractivity contribution in [1.82, 2.24) is 4.98 Å². The zero-order chi connectivity index (χ0) is 19.6. The largest absolute Gasteiger partial charge is 0.591 e. The van der Waals surface area contributed by atoms with Crippen LogP contribution in [0.2, 0.25) is 0 Å². The van der Waals surface area contributed by atoms with Gasteiger partial charge in [-0.1, -0.05) is 16.5 Å². The van der Waals surface area contributed by atoms with Gasteiger partial charge in [0, 0.05) is 17.4 Å². The first-order valence-corrected chi connectivity index (χ1v) is 10.7. The van der Waals surface area contributed by atoms with E-state index in [0.29, 0.717) is 23.8 Å². The van der Waals surface area contributed by atoms with E-state index in [1.165, 1.54) is 11.3 Å². The van der Waals surface area contributed by atoms with Gasteiger partial charge < -0.3 is 14.0 Å². The van der Waals surface area contributed by atoms with Gasteiger partial charge in [-0.3, -0.25) is 0 Å². The van der Waals surface area contributed by atoms with Crippen LogP contribution in [0.3, 0.4) is 0 Å². The van der Waals surface area contributed by atoms with Crippen LogP contribution in [0.15, 0.2) is 34.0 Å². The fourth-order valence-corrected chi connectivity index (χ4v) is 3.95. The summed E-state index contributed by atoms with van der Waals surface area (Å²) in [5, 5.41) is 2.34. The summed E-state index contributed by atoms with van der Waals surface area (Å²) < 4.78 is 27.7. The lowest BCUT2D eigenvalue weighted by Crippen LogP contribution is -2.29. The van der Waals surface area contributed by atoms with E-state index in [4.69, 9.17) is 9.47 Å². The Kier molecular flexibility index (Phi) is 5.88. The number of nitrogens with zero attached hydrogens (tertiary/aromatic N) is 2. The normalized spacial score (nSPS) is 19.3. The molecule has 1 aliphatic heterocycles. The van der Waals surface area contributed by atoms with Gasteiger partial charge in [-0.05, 0) is 39.8 Å². The molecule has 2 heterocycles. The Hall–Kier alpha value is -1.90. The molecule has 1 aromatic heterocycles. The molecule has 0 amide bonds. The highest BCUT2D eigenvalue weighted by Crippen LogP contribution is 2.37. The van der Waals surface area contributed by atoms with Crippen LogP contribution in [0, 0.1) is 0 Å². The van der Waals surface area contributed by atoms with Gasteiger partial charge in [0.05, 0.1) is 6.61 Å². The zero-order valence-electron chi connectivity index (χ0n) is 15.7. The van der Waals surface area contributed by atoms with Crippen LogP contribution in [0.5, 0.6) is 5.75 Å². The van der Waals surface area contributed by atoms with Crippen molar-refractivity contribution in [2.45, 2.75) is 45.0 Å². The minimum absolute atomic E-state index is 0.274. The highest BCUT2D eigenvalue weighted by Gasteiger charge is 2.33. The van der Waals surface area contributed by atoms with E-state index in [0.717, 1.165) is 11.3 Å². The number of hydrogen-bond acceptors (Lipinski definition) is 7. The summed E-state index contributed by atoms with van der Waals surface area (Å²) in [6.45, 7) is 7.73. The highest BCUT2D eigenvalue weighted by molar-refractivity contribution is 7.91. The Morgan fingerprint density at radius 1 is 1.44 bits per heavy atom. The third-order valence-electron chi connectivity index (χ3n) is 3.84. The summed E-state index contributed by atoms with van der Waals surface area (Å²) in [6.07, 6.45) is 0.0537. The maximum Gasteiger partial charge on any atom is 0.357 e. The minimum atomic E-state index is -1.38. The van der Waals surface area contributed by atoms with Gasteiger partial charge >= 0.3 is 5.97 Å². The lowest BCUT2D eigenvalue weighted by atomic mass is 10.0. The number of aromatic nitrogens is 1. The van der Waals surface area contributed by atoms with E-state index in [1.54, 1.807) is 12.3 Å². The smallest absolute Gasteiger partial charge is 0.357 e. The molecule has 27 heavy (non-hydrogen) atoms. The van der Waals surface area contributed by atoms with Crippen molar-refractivity contribution in [1.29, 1.82) is 0 Å². The molecule has 3 rings (SSSR count). The molecule has 2 aromatic rings. The van der Waals surface area contributed by atoms with Crippen molar-refractivity contribution in [3.05, 3.63) is 45.9 Å². The number of esters is 1. The molecule has 1 aliphatic rings. The second-order valence-corrected chi connectivity index (χ2v) is 9.79. The molecule has 0 aliphatic carbocycles. The molecule has 0 bridgehead atoms. The fourth-order valence-electron chi connectivity index (χ4n) is 2.48. The molecule has 2 atom stereocenters. The Bertz CT molecular complexity index is 857. The molecule has 0 saturated carbocycles. The maximum atomic E-state index is 12.6. The molecule has 144 valence electrons. The van der Waals surface area contributed by atoms with Gasteiger partial charge in [0.15, 0.2) is 11.8 Å². The zero-order valence-corrected chi connectivity index (χ0v) is 17.4. The van der Waals surface area contributed by atoms with Gasteiger partial charge in [-0.2, -0.15) is 0 Å². The summed E-state index contributed by atoms with van der Waals surface area (Å²) in [5.74, 6) is 0.227. The maximum absolute atomic E-state index is 12.6. The van der Waals surface area contributed by atoms with Crippen LogP contribution in [0.25, 0.3) is 0 Å². The number of fused-ring (bicyclic) bond motifs is 1. The molecule has 0 radical (unpaired) electrons. The lowest BCUT2D eigenvalue weighted by Gasteiger charge is -2.26. The Labute approximate surface area is 166 Å². The predicted octanol–water partition coefficient (Wildman–Crippen LogP) is 4.09. The van der Waals surface area contributed by atoms with Crippen LogP contribution in [0.1, 0.15) is 61.3 Å². The molecule has 0 unspecified atom stereocenters. The predicted molar refractivity (Wildman–Crippen MR) is 107 cm³/mol. The number of ether oxygens (including phenoxy) is 2. The molecule has 1 aromatic carbocycles. The van der Waals surface area contributed by atoms with Crippen LogP contribution >= 0.6 is 11.3 Å². The number of carbonyl (C=O) groups excluding carboxylic acids is 1. The standard InChI is InChI=1S/C19H22N2O4S2/c1-5-24-18(22)14-11-26-17(20-14)16-10-13(21-27(23)19(2,3)4)12-8-6-7-9-15(12)25-16/h6-9,11,16H,5,10H2,1-4H3/t16-,27-/m1/s1. The first-order valence-electron chi connectivity index (χ1n) is 8.67. The van der Waals surface area contributed by atoms with Crippen LogP contribution in [-0.4, -0.2) is 32.6 Å². The van der Waals surface area contributed by atoms with Gasteiger partial charge in [-0.15, -0.1) is 11.3 Å². The molecular formula is C19H22N2O4S2. The fraction of sp³-hybridized carbons (Fsp3) is 0.421. The average molecular weight is 407 g/mol. The van der Waals surface area contributed by atoms with Gasteiger partial charge in [0.25, 0.3) is 0 Å². The summed E-state index contributed by atoms with van der Waals surface area (Å²) in [5.41, 5.74) is 1.84. The number of rotatable bonds is 4. The third kappa shape index (κ3) is 4.51. The molecular weight excluding hydrogens is 384 g/mol. The monoisotopic (exact) mass is 406 g/mol. The Morgan fingerprint density at radius 2 is 2.19 bits per heavy atom. The number of carbonyl (C=O) groups is 1. The van der Waals surface area contributed by atoms with Crippen molar-refractivity contribution in [2.24, 2.45) is 4.40 Å². The van der Waals surface area contributed by atoms with Crippen molar-refractivity contribution in [2.75, 3.05) is 6.61 Å². The van der Waals surface area contributed by atoms with Gasteiger partial charge in [-0.25, -0.2) is 9.78 Å². The van der Waals surface area contributed by atoms with E-state index in [1.807, 2.05) is 45.0 Å². The van der Waals surface area contributed by atoms with Crippen LogP contribution < -0.4 is 4.74 Å². The summed E-state index contributed by atoms with van der Waals surface area (Å²) >= 11 is -0.0334. The lowest BCUT2D eigenvalue weighted by molar-refractivity contribution is 0.0519. The number of benzene rings is 1. The molecule has 8 heteroatoms. The van der Waals surface area contributed by atoms with Crippen molar-refractivity contribution < 1.29 is 18.8 Å². The first-order chi connectivity index (χ1) is 12.8. The topological polar surface area (TPSA) is 83.8 Å². The van der Waals surface area contributed by atoms with E-state index in [2.05, 4.69) is 9.38 Å². The molecule has 0 fully saturated rings. The van der Waals surface area contributed by atoms with E-state index in [9.17, 15) is 9.35 Å². The average Bonchev–Trinajstić information content (AvgIpc) is 3.11. The van der Waals surface area contributed by atoms with Crippen molar-refractivity contribution >= 4 is 34.4 Å². The number of hydrogen-bond donors (Lipinski definition) is 0. The molecule has 6 nitrogen and oxygen atoms in total. The minimum Gasteiger partial charge on any atom is -0.591 e. The second kappa shape index (κ2) is 8.00. The van der Waals surface area contributed by atoms with Gasteiger partial charge in [0.1, 0.15) is 32.6 Å². The number of thiazole rings is 1. The second-order valence-electron chi connectivity index (χ2n) is 7.00.